The van der Waals surface area contributed by atoms with E-state index in [0.29, 0.717) is 12.3 Å². The van der Waals surface area contributed by atoms with Gasteiger partial charge in [0.1, 0.15) is 5.75 Å². The highest BCUT2D eigenvalue weighted by molar-refractivity contribution is 6.39. The Balaban J connectivity index is 1.88. The Bertz CT molecular complexity index is 783. The van der Waals surface area contributed by atoms with Crippen LogP contribution < -0.4 is 15.5 Å². The molecule has 6 heteroatoms. The molecule has 0 heterocycles. The van der Waals surface area contributed by atoms with Crippen molar-refractivity contribution in [2.24, 2.45) is 5.10 Å². The maximum absolute atomic E-state index is 11.9. The lowest BCUT2D eigenvalue weighted by atomic mass is 10.1. The minimum atomic E-state index is -0.833. The van der Waals surface area contributed by atoms with Gasteiger partial charge in [-0.3, -0.25) is 9.59 Å². The molecule has 0 radical (unpaired) electrons. The fourth-order valence-corrected chi connectivity index (χ4v) is 2.04. The second kappa shape index (κ2) is 8.63. The number of aryl methyl sites for hydroxylation is 2. The van der Waals surface area contributed by atoms with Crippen molar-refractivity contribution >= 4 is 23.7 Å². The fourth-order valence-electron chi connectivity index (χ4n) is 2.04. The Morgan fingerprint density at radius 1 is 1.04 bits per heavy atom. The number of carbonyl (C=O) groups is 2. The maximum Gasteiger partial charge on any atom is 0.329 e. The van der Waals surface area contributed by atoms with Crippen LogP contribution in [0.4, 0.5) is 5.69 Å². The third-order valence-electron chi connectivity index (χ3n) is 3.54. The molecular formula is C19H21N3O3. The first-order valence-electron chi connectivity index (χ1n) is 7.94. The maximum atomic E-state index is 11.9. The zero-order valence-electron chi connectivity index (χ0n) is 14.5. The van der Waals surface area contributed by atoms with Crippen LogP contribution in [0.5, 0.6) is 5.75 Å². The van der Waals surface area contributed by atoms with Gasteiger partial charge in [-0.2, -0.15) is 5.10 Å². The lowest BCUT2D eigenvalue weighted by Crippen LogP contribution is -2.32. The summed E-state index contributed by atoms with van der Waals surface area (Å²) in [5, 5.41) is 6.32. The summed E-state index contributed by atoms with van der Waals surface area (Å²) in [6.45, 7) is 6.42. The van der Waals surface area contributed by atoms with Gasteiger partial charge in [-0.1, -0.05) is 6.07 Å². The summed E-state index contributed by atoms with van der Waals surface area (Å²) in [7, 11) is 0. The molecule has 0 bridgehead atoms. The number of benzene rings is 2. The van der Waals surface area contributed by atoms with Crippen molar-refractivity contribution in [1.29, 1.82) is 0 Å². The SMILES string of the molecule is CCOc1ccc(/C=N/NC(=O)C(=O)Nc2ccc(C)c(C)c2)cc1. The first-order valence-corrected chi connectivity index (χ1v) is 7.94. The molecule has 0 saturated heterocycles. The van der Waals surface area contributed by atoms with Crippen molar-refractivity contribution < 1.29 is 14.3 Å². The van der Waals surface area contributed by atoms with Gasteiger partial charge in [0.05, 0.1) is 12.8 Å². The van der Waals surface area contributed by atoms with Crippen LogP contribution in [0, 0.1) is 13.8 Å². The smallest absolute Gasteiger partial charge is 0.329 e. The quantitative estimate of drug-likeness (QED) is 0.499. The number of hydrazone groups is 1. The van der Waals surface area contributed by atoms with Crippen molar-refractivity contribution in [3.05, 3.63) is 59.2 Å². The van der Waals surface area contributed by atoms with Gasteiger partial charge in [0.25, 0.3) is 0 Å². The molecule has 0 spiro atoms. The van der Waals surface area contributed by atoms with Crippen LogP contribution >= 0.6 is 0 Å². The molecule has 2 rings (SSSR count). The number of rotatable bonds is 5. The van der Waals surface area contributed by atoms with E-state index in [9.17, 15) is 9.59 Å². The molecule has 2 amide bonds. The Kier molecular flexibility index (Phi) is 6.28. The second-order valence-corrected chi connectivity index (χ2v) is 5.45. The first kappa shape index (κ1) is 18.2. The number of anilines is 1. The van der Waals surface area contributed by atoms with Gasteiger partial charge in [0.15, 0.2) is 0 Å². The molecule has 0 saturated carbocycles. The number of nitrogens with one attached hydrogen (secondary N) is 2. The highest BCUT2D eigenvalue weighted by Gasteiger charge is 2.13. The molecule has 2 aromatic rings. The molecule has 130 valence electrons. The lowest BCUT2D eigenvalue weighted by Gasteiger charge is -2.06. The number of nitrogens with zero attached hydrogens (tertiary/aromatic N) is 1. The summed E-state index contributed by atoms with van der Waals surface area (Å²) >= 11 is 0. The Morgan fingerprint density at radius 3 is 2.40 bits per heavy atom. The van der Waals surface area contributed by atoms with Gasteiger partial charge in [0.2, 0.25) is 0 Å². The zero-order chi connectivity index (χ0) is 18.2. The van der Waals surface area contributed by atoms with E-state index < -0.39 is 11.8 Å². The average Bonchev–Trinajstić information content (AvgIpc) is 2.60. The van der Waals surface area contributed by atoms with E-state index in [1.54, 1.807) is 30.3 Å². The summed E-state index contributed by atoms with van der Waals surface area (Å²) < 4.78 is 5.34. The molecule has 2 N–H and O–H groups in total. The van der Waals surface area contributed by atoms with Gasteiger partial charge in [0, 0.05) is 5.69 Å². The van der Waals surface area contributed by atoms with E-state index in [-0.39, 0.29) is 0 Å². The number of hydrogen-bond acceptors (Lipinski definition) is 4. The molecular weight excluding hydrogens is 318 g/mol. The summed E-state index contributed by atoms with van der Waals surface area (Å²) in [6.07, 6.45) is 1.46. The molecule has 0 fully saturated rings. The van der Waals surface area contributed by atoms with Crippen LogP contribution in [0.2, 0.25) is 0 Å². The van der Waals surface area contributed by atoms with E-state index in [1.165, 1.54) is 6.21 Å². The largest absolute Gasteiger partial charge is 0.494 e. The number of carbonyl (C=O) groups excluding carboxylic acids is 2. The van der Waals surface area contributed by atoms with Crippen molar-refractivity contribution in [1.82, 2.24) is 5.43 Å². The number of hydrogen-bond donors (Lipinski definition) is 2. The highest BCUT2D eigenvalue weighted by atomic mass is 16.5. The first-order chi connectivity index (χ1) is 12.0. The standard InChI is InChI=1S/C19H21N3O3/c1-4-25-17-9-6-15(7-10-17)12-20-22-19(24)18(23)21-16-8-5-13(2)14(3)11-16/h5-12H,4H2,1-3H3,(H,21,23)(H,22,24)/b20-12+. The third kappa shape index (κ3) is 5.46. The Morgan fingerprint density at radius 2 is 1.76 bits per heavy atom. The molecule has 0 aliphatic rings. The van der Waals surface area contributed by atoms with Gasteiger partial charge >= 0.3 is 11.8 Å². The highest BCUT2D eigenvalue weighted by Crippen LogP contribution is 2.14. The van der Waals surface area contributed by atoms with Crippen LogP contribution in [-0.2, 0) is 9.59 Å². The fraction of sp³-hybridized carbons (Fsp3) is 0.211. The van der Waals surface area contributed by atoms with Gasteiger partial charge in [-0.25, -0.2) is 5.43 Å². The van der Waals surface area contributed by atoms with Crippen LogP contribution in [0.1, 0.15) is 23.6 Å². The molecule has 6 nitrogen and oxygen atoms in total. The van der Waals surface area contributed by atoms with Crippen molar-refractivity contribution in [3.63, 3.8) is 0 Å². The van der Waals surface area contributed by atoms with Gasteiger partial charge in [-0.05, 0) is 73.9 Å². The third-order valence-corrected chi connectivity index (χ3v) is 3.54. The molecule has 0 unspecified atom stereocenters. The lowest BCUT2D eigenvalue weighted by molar-refractivity contribution is -0.136. The Labute approximate surface area is 146 Å². The van der Waals surface area contributed by atoms with E-state index in [0.717, 1.165) is 22.4 Å². The molecule has 0 aliphatic heterocycles. The van der Waals surface area contributed by atoms with E-state index in [4.69, 9.17) is 4.74 Å². The molecule has 2 aromatic carbocycles. The van der Waals surface area contributed by atoms with Crippen LogP contribution in [0.15, 0.2) is 47.6 Å². The van der Waals surface area contributed by atoms with Crippen molar-refractivity contribution in [2.75, 3.05) is 11.9 Å². The van der Waals surface area contributed by atoms with Crippen molar-refractivity contribution in [2.45, 2.75) is 20.8 Å². The van der Waals surface area contributed by atoms with Crippen LogP contribution in [0.25, 0.3) is 0 Å². The summed E-state index contributed by atoms with van der Waals surface area (Å²) in [5.74, 6) is -0.844. The normalized spacial score (nSPS) is 10.5. The molecule has 0 aliphatic carbocycles. The number of amides is 2. The molecule has 25 heavy (non-hydrogen) atoms. The van der Waals surface area contributed by atoms with E-state index >= 15 is 0 Å². The average molecular weight is 339 g/mol. The monoisotopic (exact) mass is 339 g/mol. The van der Waals surface area contributed by atoms with Gasteiger partial charge in [-0.15, -0.1) is 0 Å². The minimum absolute atomic E-state index is 0.568. The zero-order valence-corrected chi connectivity index (χ0v) is 14.5. The summed E-state index contributed by atoms with van der Waals surface area (Å²) in [5.41, 5.74) is 5.70. The molecule has 0 aromatic heterocycles. The van der Waals surface area contributed by atoms with E-state index in [1.807, 2.05) is 32.9 Å². The number of ether oxygens (including phenoxy) is 1. The topological polar surface area (TPSA) is 79.8 Å². The minimum Gasteiger partial charge on any atom is -0.494 e. The predicted molar refractivity (Wildman–Crippen MR) is 97.9 cm³/mol. The predicted octanol–water partition coefficient (Wildman–Crippen LogP) is 2.79. The van der Waals surface area contributed by atoms with Crippen LogP contribution in [-0.4, -0.2) is 24.6 Å². The van der Waals surface area contributed by atoms with Gasteiger partial charge < -0.3 is 10.1 Å². The molecule has 0 atom stereocenters. The Hall–Kier alpha value is -3.15. The van der Waals surface area contributed by atoms with E-state index in [2.05, 4.69) is 15.8 Å². The second-order valence-electron chi connectivity index (χ2n) is 5.45. The van der Waals surface area contributed by atoms with Crippen LogP contribution in [0.3, 0.4) is 0 Å². The van der Waals surface area contributed by atoms with Crippen molar-refractivity contribution in [3.8, 4) is 5.75 Å². The summed E-state index contributed by atoms with van der Waals surface area (Å²) in [4.78, 5) is 23.6. The summed E-state index contributed by atoms with van der Waals surface area (Å²) in [6, 6.07) is 12.6.